The zero-order chi connectivity index (χ0) is 14.7. The van der Waals surface area contributed by atoms with E-state index >= 15 is 0 Å². The summed E-state index contributed by atoms with van der Waals surface area (Å²) < 4.78 is 2.10. The minimum absolute atomic E-state index is 0.200. The van der Waals surface area contributed by atoms with Crippen molar-refractivity contribution in [3.05, 3.63) is 36.3 Å². The van der Waals surface area contributed by atoms with Crippen molar-refractivity contribution in [2.75, 3.05) is 13.1 Å². The molecule has 4 nitrogen and oxygen atoms in total. The van der Waals surface area contributed by atoms with E-state index in [0.717, 1.165) is 37.4 Å². The molecule has 114 valence electrons. The van der Waals surface area contributed by atoms with Crippen LogP contribution in [0.15, 0.2) is 30.6 Å². The van der Waals surface area contributed by atoms with E-state index in [0.29, 0.717) is 0 Å². The topological polar surface area (TPSA) is 46.6 Å². The fourth-order valence-electron chi connectivity index (χ4n) is 3.70. The number of fused-ring (bicyclic) bond motifs is 1. The summed E-state index contributed by atoms with van der Waals surface area (Å²) in [7, 11) is 0. The molecule has 21 heavy (non-hydrogen) atoms. The Bertz CT molecular complexity index is 550. The first kappa shape index (κ1) is 14.5. The van der Waals surface area contributed by atoms with Gasteiger partial charge in [-0.1, -0.05) is 25.8 Å². The normalized spacial score (nSPS) is 17.9. The molecule has 0 aromatic carbocycles. The molecule has 2 N–H and O–H groups in total. The monoisotopic (exact) mass is 286 g/mol. The maximum atomic E-state index is 6.16. The summed E-state index contributed by atoms with van der Waals surface area (Å²) in [5.74, 6) is 0. The van der Waals surface area contributed by atoms with Crippen LogP contribution in [0.25, 0.3) is 5.65 Å². The fraction of sp³-hybridized carbons (Fsp3) is 0.588. The molecule has 0 amide bonds. The van der Waals surface area contributed by atoms with Crippen molar-refractivity contribution in [3.63, 3.8) is 0 Å². The van der Waals surface area contributed by atoms with E-state index in [9.17, 15) is 0 Å². The van der Waals surface area contributed by atoms with Crippen molar-refractivity contribution >= 4 is 5.65 Å². The van der Waals surface area contributed by atoms with Crippen LogP contribution in [0.3, 0.4) is 0 Å². The second-order valence-electron chi connectivity index (χ2n) is 6.26. The molecule has 1 aliphatic rings. The molecular weight excluding hydrogens is 260 g/mol. The van der Waals surface area contributed by atoms with Gasteiger partial charge in [-0.15, -0.1) is 0 Å². The van der Waals surface area contributed by atoms with E-state index < -0.39 is 0 Å². The molecule has 2 aromatic heterocycles. The van der Waals surface area contributed by atoms with Crippen LogP contribution in [0.1, 0.15) is 44.7 Å². The van der Waals surface area contributed by atoms with Gasteiger partial charge >= 0.3 is 0 Å². The van der Waals surface area contributed by atoms with Gasteiger partial charge in [0.25, 0.3) is 0 Å². The number of nitrogens with zero attached hydrogens (tertiary/aromatic N) is 3. The molecule has 0 atom stereocenters. The smallest absolute Gasteiger partial charge is 0.137 e. The van der Waals surface area contributed by atoms with E-state index in [-0.39, 0.29) is 5.54 Å². The molecule has 1 aliphatic carbocycles. The van der Waals surface area contributed by atoms with Crippen molar-refractivity contribution in [2.24, 2.45) is 5.73 Å². The quantitative estimate of drug-likeness (QED) is 0.888. The van der Waals surface area contributed by atoms with E-state index in [1.165, 1.54) is 25.7 Å². The molecule has 0 saturated heterocycles. The van der Waals surface area contributed by atoms with Crippen LogP contribution < -0.4 is 5.73 Å². The summed E-state index contributed by atoms with van der Waals surface area (Å²) >= 11 is 0. The Labute approximate surface area is 127 Å². The van der Waals surface area contributed by atoms with Crippen molar-refractivity contribution in [2.45, 2.75) is 51.1 Å². The van der Waals surface area contributed by atoms with Gasteiger partial charge in [-0.05, 0) is 37.9 Å². The summed E-state index contributed by atoms with van der Waals surface area (Å²) in [5.41, 5.74) is 8.53. The lowest BCUT2D eigenvalue weighted by molar-refractivity contribution is 0.0891. The molecule has 0 spiro atoms. The average molecular weight is 286 g/mol. The maximum Gasteiger partial charge on any atom is 0.137 e. The van der Waals surface area contributed by atoms with E-state index in [2.05, 4.69) is 34.7 Å². The Kier molecular flexibility index (Phi) is 4.27. The summed E-state index contributed by atoms with van der Waals surface area (Å²) in [6.45, 7) is 5.02. The van der Waals surface area contributed by atoms with E-state index in [1.807, 2.05) is 12.1 Å². The predicted molar refractivity (Wildman–Crippen MR) is 86.1 cm³/mol. The van der Waals surface area contributed by atoms with Crippen LogP contribution in [0.5, 0.6) is 0 Å². The number of imidazole rings is 1. The molecule has 0 radical (unpaired) electrons. The highest BCUT2D eigenvalue weighted by molar-refractivity contribution is 5.39. The molecule has 2 aromatic rings. The summed E-state index contributed by atoms with van der Waals surface area (Å²) in [6, 6.07) is 6.14. The first-order valence-electron chi connectivity index (χ1n) is 8.15. The van der Waals surface area contributed by atoms with Crippen molar-refractivity contribution in [1.82, 2.24) is 14.3 Å². The van der Waals surface area contributed by atoms with Crippen molar-refractivity contribution < 1.29 is 0 Å². The summed E-state index contributed by atoms with van der Waals surface area (Å²) in [4.78, 5) is 7.34. The highest BCUT2D eigenvalue weighted by Gasteiger charge is 2.38. The second-order valence-corrected chi connectivity index (χ2v) is 6.26. The van der Waals surface area contributed by atoms with Crippen LogP contribution in [0, 0.1) is 0 Å². The van der Waals surface area contributed by atoms with Gasteiger partial charge < -0.3 is 10.1 Å². The minimum atomic E-state index is 0.200. The zero-order valence-corrected chi connectivity index (χ0v) is 13.0. The van der Waals surface area contributed by atoms with Crippen molar-refractivity contribution in [3.8, 4) is 0 Å². The van der Waals surface area contributed by atoms with Gasteiger partial charge in [-0.3, -0.25) is 4.90 Å². The number of aromatic nitrogens is 2. The summed E-state index contributed by atoms with van der Waals surface area (Å²) in [6.07, 6.45) is 10.5. The van der Waals surface area contributed by atoms with Gasteiger partial charge in [-0.2, -0.15) is 0 Å². The SMILES string of the molecule is CCCN(Cc1cn2ccccc2n1)C1(CN)CCCC1. The highest BCUT2D eigenvalue weighted by atomic mass is 15.2. The third kappa shape index (κ3) is 2.83. The molecule has 0 bridgehead atoms. The first-order chi connectivity index (χ1) is 10.3. The standard InChI is InChI=1S/C17H26N4/c1-2-10-21(17(14-18)8-4-5-9-17)13-15-12-20-11-6-3-7-16(20)19-15/h3,6-7,11-12H,2,4-5,8-10,13-14,18H2,1H3. The van der Waals surface area contributed by atoms with Gasteiger partial charge in [0.05, 0.1) is 5.69 Å². The Morgan fingerprint density at radius 3 is 2.81 bits per heavy atom. The molecule has 3 rings (SSSR count). The number of rotatable bonds is 6. The lowest BCUT2D eigenvalue weighted by atomic mass is 9.94. The van der Waals surface area contributed by atoms with Crippen LogP contribution in [-0.2, 0) is 6.54 Å². The van der Waals surface area contributed by atoms with E-state index in [4.69, 9.17) is 10.7 Å². The zero-order valence-electron chi connectivity index (χ0n) is 13.0. The first-order valence-corrected chi connectivity index (χ1v) is 8.15. The Morgan fingerprint density at radius 1 is 1.33 bits per heavy atom. The number of pyridine rings is 1. The maximum absolute atomic E-state index is 6.16. The molecule has 1 fully saturated rings. The Morgan fingerprint density at radius 2 is 2.14 bits per heavy atom. The number of hydrogen-bond donors (Lipinski definition) is 1. The fourth-order valence-corrected chi connectivity index (χ4v) is 3.70. The lowest BCUT2D eigenvalue weighted by Crippen LogP contribution is -2.51. The molecule has 4 heteroatoms. The molecule has 2 heterocycles. The minimum Gasteiger partial charge on any atom is -0.329 e. The average Bonchev–Trinajstić information content (AvgIpc) is 3.13. The van der Waals surface area contributed by atoms with Gasteiger partial charge in [0.1, 0.15) is 5.65 Å². The Balaban J connectivity index is 1.84. The lowest BCUT2D eigenvalue weighted by Gasteiger charge is -2.40. The number of nitrogens with two attached hydrogens (primary N) is 1. The van der Waals surface area contributed by atoms with Crippen LogP contribution in [-0.4, -0.2) is 32.9 Å². The van der Waals surface area contributed by atoms with Crippen LogP contribution in [0.2, 0.25) is 0 Å². The third-order valence-corrected chi connectivity index (χ3v) is 4.85. The van der Waals surface area contributed by atoms with Gasteiger partial charge in [0, 0.05) is 31.0 Å². The van der Waals surface area contributed by atoms with Gasteiger partial charge in [0.2, 0.25) is 0 Å². The second kappa shape index (κ2) is 6.16. The van der Waals surface area contributed by atoms with Crippen molar-refractivity contribution in [1.29, 1.82) is 0 Å². The Hall–Kier alpha value is -1.39. The molecular formula is C17H26N4. The largest absolute Gasteiger partial charge is 0.329 e. The van der Waals surface area contributed by atoms with Gasteiger partial charge in [0.15, 0.2) is 0 Å². The molecule has 1 saturated carbocycles. The van der Waals surface area contributed by atoms with Crippen LogP contribution >= 0.6 is 0 Å². The highest BCUT2D eigenvalue weighted by Crippen LogP contribution is 2.35. The van der Waals surface area contributed by atoms with Gasteiger partial charge in [-0.25, -0.2) is 4.98 Å². The van der Waals surface area contributed by atoms with Crippen LogP contribution in [0.4, 0.5) is 0 Å². The third-order valence-electron chi connectivity index (χ3n) is 4.85. The molecule has 0 aliphatic heterocycles. The molecule has 0 unspecified atom stereocenters. The number of hydrogen-bond acceptors (Lipinski definition) is 3. The van der Waals surface area contributed by atoms with E-state index in [1.54, 1.807) is 0 Å². The predicted octanol–water partition coefficient (Wildman–Crippen LogP) is 2.82. The summed E-state index contributed by atoms with van der Waals surface area (Å²) in [5, 5.41) is 0.